The predicted molar refractivity (Wildman–Crippen MR) is 79.7 cm³/mol. The summed E-state index contributed by atoms with van der Waals surface area (Å²) in [5.41, 5.74) is -0.106. The monoisotopic (exact) mass is 266 g/mol. The summed E-state index contributed by atoms with van der Waals surface area (Å²) >= 11 is 0. The Kier molecular flexibility index (Phi) is 5.54. The average Bonchev–Trinajstić information content (AvgIpc) is 2.35. The van der Waals surface area contributed by atoms with E-state index >= 15 is 0 Å². The standard InChI is InChI=1S/C14H26N4O/c1-6-7-10(19)9-16-12-8-11(15-5)17-13(18-12)14(2,3)4/h8,10,19H,6-7,9H2,1-5H3,(H2,15,16,17,18). The largest absolute Gasteiger partial charge is 0.391 e. The van der Waals surface area contributed by atoms with Crippen LogP contribution < -0.4 is 10.6 Å². The summed E-state index contributed by atoms with van der Waals surface area (Å²) in [6, 6.07) is 1.86. The number of anilines is 2. The van der Waals surface area contributed by atoms with Gasteiger partial charge in [0.25, 0.3) is 0 Å². The van der Waals surface area contributed by atoms with Gasteiger partial charge in [-0.3, -0.25) is 0 Å². The van der Waals surface area contributed by atoms with Crippen molar-refractivity contribution in [1.82, 2.24) is 9.97 Å². The second kappa shape index (κ2) is 6.70. The van der Waals surface area contributed by atoms with Crippen LogP contribution in [0.3, 0.4) is 0 Å². The molecule has 0 spiro atoms. The summed E-state index contributed by atoms with van der Waals surface area (Å²) in [5.74, 6) is 2.32. The van der Waals surface area contributed by atoms with Gasteiger partial charge in [-0.1, -0.05) is 34.1 Å². The highest BCUT2D eigenvalue weighted by molar-refractivity contribution is 5.47. The zero-order valence-electron chi connectivity index (χ0n) is 12.6. The van der Waals surface area contributed by atoms with E-state index in [4.69, 9.17) is 0 Å². The molecule has 0 fully saturated rings. The van der Waals surface area contributed by atoms with E-state index in [-0.39, 0.29) is 11.5 Å². The van der Waals surface area contributed by atoms with Gasteiger partial charge < -0.3 is 15.7 Å². The molecule has 0 aliphatic rings. The number of nitrogens with one attached hydrogen (secondary N) is 2. The molecule has 19 heavy (non-hydrogen) atoms. The lowest BCUT2D eigenvalue weighted by Gasteiger charge is -2.19. The SMILES string of the molecule is CCCC(O)CNc1cc(NC)nc(C(C)(C)C)n1. The van der Waals surface area contributed by atoms with Gasteiger partial charge in [-0.2, -0.15) is 0 Å². The van der Waals surface area contributed by atoms with Gasteiger partial charge in [0.05, 0.1) is 6.10 Å². The van der Waals surface area contributed by atoms with Crippen LogP contribution in [-0.4, -0.2) is 34.8 Å². The number of rotatable bonds is 6. The fourth-order valence-corrected chi connectivity index (χ4v) is 1.66. The summed E-state index contributed by atoms with van der Waals surface area (Å²) in [4.78, 5) is 8.97. The van der Waals surface area contributed by atoms with Crippen LogP contribution >= 0.6 is 0 Å². The number of aromatic nitrogens is 2. The maximum Gasteiger partial charge on any atom is 0.138 e. The van der Waals surface area contributed by atoms with Gasteiger partial charge in [-0.05, 0) is 6.42 Å². The molecule has 3 N–H and O–H groups in total. The first-order valence-electron chi connectivity index (χ1n) is 6.86. The van der Waals surface area contributed by atoms with Gasteiger partial charge in [-0.25, -0.2) is 9.97 Å². The molecule has 0 aliphatic heterocycles. The number of aliphatic hydroxyl groups excluding tert-OH is 1. The molecule has 0 saturated heterocycles. The van der Waals surface area contributed by atoms with E-state index in [1.165, 1.54) is 0 Å². The normalized spacial score (nSPS) is 13.2. The first-order valence-corrected chi connectivity index (χ1v) is 6.86. The topological polar surface area (TPSA) is 70.1 Å². The van der Waals surface area contributed by atoms with Gasteiger partial charge in [-0.15, -0.1) is 0 Å². The van der Waals surface area contributed by atoms with Crippen molar-refractivity contribution >= 4 is 11.6 Å². The molecule has 1 atom stereocenters. The lowest BCUT2D eigenvalue weighted by atomic mass is 9.96. The van der Waals surface area contributed by atoms with E-state index in [1.807, 2.05) is 13.1 Å². The molecular weight excluding hydrogens is 240 g/mol. The third-order valence-corrected chi connectivity index (χ3v) is 2.79. The Hall–Kier alpha value is -1.36. The molecule has 1 rings (SSSR count). The van der Waals surface area contributed by atoms with Gasteiger partial charge in [0.2, 0.25) is 0 Å². The van der Waals surface area contributed by atoms with Crippen LogP contribution in [0.15, 0.2) is 6.07 Å². The van der Waals surface area contributed by atoms with Crippen LogP contribution in [0.5, 0.6) is 0 Å². The maximum absolute atomic E-state index is 9.74. The Bertz CT molecular complexity index is 401. The van der Waals surface area contributed by atoms with Crippen molar-refractivity contribution in [3.8, 4) is 0 Å². The molecule has 1 heterocycles. The van der Waals surface area contributed by atoms with Crippen molar-refractivity contribution < 1.29 is 5.11 Å². The lowest BCUT2D eigenvalue weighted by molar-refractivity contribution is 0.176. The van der Waals surface area contributed by atoms with Crippen molar-refractivity contribution in [2.45, 2.75) is 52.1 Å². The Balaban J connectivity index is 2.83. The van der Waals surface area contributed by atoms with E-state index in [0.29, 0.717) is 6.54 Å². The molecule has 5 nitrogen and oxygen atoms in total. The summed E-state index contributed by atoms with van der Waals surface area (Å²) in [7, 11) is 1.84. The highest BCUT2D eigenvalue weighted by Gasteiger charge is 2.19. The summed E-state index contributed by atoms with van der Waals surface area (Å²) in [5, 5.41) is 16.0. The molecule has 1 aromatic heterocycles. The van der Waals surface area contributed by atoms with Crippen molar-refractivity contribution in [1.29, 1.82) is 0 Å². The van der Waals surface area contributed by atoms with E-state index in [0.717, 1.165) is 30.3 Å². The summed E-state index contributed by atoms with van der Waals surface area (Å²) in [6.45, 7) is 8.81. The van der Waals surface area contributed by atoms with E-state index in [9.17, 15) is 5.11 Å². The Morgan fingerprint density at radius 3 is 2.42 bits per heavy atom. The third-order valence-electron chi connectivity index (χ3n) is 2.79. The number of hydrogen-bond acceptors (Lipinski definition) is 5. The summed E-state index contributed by atoms with van der Waals surface area (Å²) < 4.78 is 0. The first kappa shape index (κ1) is 15.7. The van der Waals surface area contributed by atoms with Gasteiger partial charge >= 0.3 is 0 Å². The number of aliphatic hydroxyl groups is 1. The fraction of sp³-hybridized carbons (Fsp3) is 0.714. The van der Waals surface area contributed by atoms with E-state index < -0.39 is 0 Å². The van der Waals surface area contributed by atoms with Crippen LogP contribution in [-0.2, 0) is 5.41 Å². The summed E-state index contributed by atoms with van der Waals surface area (Å²) in [6.07, 6.45) is 1.43. The fourth-order valence-electron chi connectivity index (χ4n) is 1.66. The molecule has 108 valence electrons. The van der Waals surface area contributed by atoms with Gasteiger partial charge in [0.1, 0.15) is 17.5 Å². The second-order valence-corrected chi connectivity index (χ2v) is 5.79. The maximum atomic E-state index is 9.74. The van der Waals surface area contributed by atoms with Crippen molar-refractivity contribution in [2.24, 2.45) is 0 Å². The molecule has 1 unspecified atom stereocenters. The van der Waals surface area contributed by atoms with Crippen molar-refractivity contribution in [3.63, 3.8) is 0 Å². The Labute approximate surface area is 115 Å². The van der Waals surface area contributed by atoms with Crippen molar-refractivity contribution in [3.05, 3.63) is 11.9 Å². The highest BCUT2D eigenvalue weighted by Crippen LogP contribution is 2.22. The smallest absolute Gasteiger partial charge is 0.138 e. The molecule has 0 aliphatic carbocycles. The molecular formula is C14H26N4O. The molecule has 0 saturated carbocycles. The molecule has 0 radical (unpaired) electrons. The zero-order valence-corrected chi connectivity index (χ0v) is 12.6. The minimum atomic E-state index is -0.337. The Morgan fingerprint density at radius 2 is 1.89 bits per heavy atom. The second-order valence-electron chi connectivity index (χ2n) is 5.79. The number of hydrogen-bond donors (Lipinski definition) is 3. The number of nitrogens with zero attached hydrogens (tertiary/aromatic N) is 2. The Morgan fingerprint density at radius 1 is 1.26 bits per heavy atom. The minimum absolute atomic E-state index is 0.106. The minimum Gasteiger partial charge on any atom is -0.391 e. The van der Waals surface area contributed by atoms with Crippen LogP contribution in [0.4, 0.5) is 11.6 Å². The van der Waals surface area contributed by atoms with Crippen molar-refractivity contribution in [2.75, 3.05) is 24.2 Å². The van der Waals surface area contributed by atoms with Gasteiger partial charge in [0, 0.05) is 25.1 Å². The van der Waals surface area contributed by atoms with Crippen LogP contribution in [0.1, 0.15) is 46.4 Å². The first-order chi connectivity index (χ1) is 8.86. The quantitative estimate of drug-likeness (QED) is 0.737. The molecule has 0 aromatic carbocycles. The molecule has 0 amide bonds. The third kappa shape index (κ3) is 5.03. The zero-order chi connectivity index (χ0) is 14.5. The van der Waals surface area contributed by atoms with E-state index in [2.05, 4.69) is 48.3 Å². The van der Waals surface area contributed by atoms with Gasteiger partial charge in [0.15, 0.2) is 0 Å². The average molecular weight is 266 g/mol. The van der Waals surface area contributed by atoms with Crippen LogP contribution in [0, 0.1) is 0 Å². The highest BCUT2D eigenvalue weighted by atomic mass is 16.3. The molecule has 1 aromatic rings. The van der Waals surface area contributed by atoms with Crippen LogP contribution in [0.25, 0.3) is 0 Å². The van der Waals surface area contributed by atoms with Crippen LogP contribution in [0.2, 0.25) is 0 Å². The molecule has 5 heteroatoms. The predicted octanol–water partition coefficient (Wildman–Crippen LogP) is 2.39. The lowest BCUT2D eigenvalue weighted by Crippen LogP contribution is -2.22. The molecule has 0 bridgehead atoms. The van der Waals surface area contributed by atoms with E-state index in [1.54, 1.807) is 0 Å².